The molecule has 1 unspecified atom stereocenters. The third-order valence-electron chi connectivity index (χ3n) is 4.09. The van der Waals surface area contributed by atoms with Crippen molar-refractivity contribution < 1.29 is 0 Å². The van der Waals surface area contributed by atoms with Crippen molar-refractivity contribution in [3.8, 4) is 0 Å². The van der Waals surface area contributed by atoms with Gasteiger partial charge in [-0.3, -0.25) is 0 Å². The molecular weight excluding hydrogens is 194 g/mol. The van der Waals surface area contributed by atoms with Crippen LogP contribution in [0.25, 0.3) is 0 Å². The maximum Gasteiger partial charge on any atom is -0.00205 e. The normalized spacial score (nSPS) is 19.4. The highest BCUT2D eigenvalue weighted by atomic mass is 14.6. The van der Waals surface area contributed by atoms with Gasteiger partial charge in [-0.15, -0.1) is 0 Å². The van der Waals surface area contributed by atoms with Gasteiger partial charge in [0.25, 0.3) is 0 Å². The van der Waals surface area contributed by atoms with E-state index in [9.17, 15) is 0 Å². The third kappa shape index (κ3) is 2.85. The van der Waals surface area contributed by atoms with Crippen LogP contribution in [0.1, 0.15) is 38.2 Å². The second kappa shape index (κ2) is 5.01. The Labute approximate surface area is 99.0 Å². The molecule has 0 radical (unpaired) electrons. The Morgan fingerprint density at radius 3 is 2.50 bits per heavy atom. The van der Waals surface area contributed by atoms with Gasteiger partial charge in [0.15, 0.2) is 0 Å². The van der Waals surface area contributed by atoms with Gasteiger partial charge in [0, 0.05) is 0 Å². The smallest absolute Gasteiger partial charge is 0.00205 e. The quantitative estimate of drug-likeness (QED) is 0.776. The Morgan fingerprint density at radius 2 is 1.94 bits per heavy atom. The van der Waals surface area contributed by atoms with Crippen LogP contribution in [0, 0.1) is 11.3 Å². The first kappa shape index (κ1) is 11.7. The summed E-state index contributed by atoms with van der Waals surface area (Å²) in [6, 6.07) is 10.8. The van der Waals surface area contributed by atoms with Crippen LogP contribution in [0.4, 0.5) is 0 Å². The van der Waals surface area contributed by atoms with Crippen molar-refractivity contribution in [2.24, 2.45) is 17.1 Å². The monoisotopic (exact) mass is 217 g/mol. The lowest BCUT2D eigenvalue weighted by Gasteiger charge is -2.28. The SMILES string of the molecule is CC(CN)(CCCc1ccccc1)C1CC1. The second-order valence-electron chi connectivity index (χ2n) is 5.47. The Bertz CT molecular complexity index is 315. The minimum atomic E-state index is 0.411. The third-order valence-corrected chi connectivity index (χ3v) is 4.09. The van der Waals surface area contributed by atoms with Gasteiger partial charge in [0.2, 0.25) is 0 Å². The molecule has 0 spiro atoms. The molecule has 0 saturated heterocycles. The molecule has 1 nitrogen and oxygen atoms in total. The zero-order valence-corrected chi connectivity index (χ0v) is 10.3. The average molecular weight is 217 g/mol. The van der Waals surface area contributed by atoms with Crippen LogP contribution < -0.4 is 5.73 Å². The van der Waals surface area contributed by atoms with E-state index < -0.39 is 0 Å². The Hall–Kier alpha value is -0.820. The Kier molecular flexibility index (Phi) is 3.65. The molecule has 16 heavy (non-hydrogen) atoms. The number of nitrogens with two attached hydrogens (primary N) is 1. The van der Waals surface area contributed by atoms with Crippen molar-refractivity contribution in [2.75, 3.05) is 6.54 Å². The molecule has 1 atom stereocenters. The number of hydrogen-bond acceptors (Lipinski definition) is 1. The lowest BCUT2D eigenvalue weighted by Crippen LogP contribution is -2.29. The minimum absolute atomic E-state index is 0.411. The minimum Gasteiger partial charge on any atom is -0.330 e. The molecular formula is C15H23N. The lowest BCUT2D eigenvalue weighted by molar-refractivity contribution is 0.253. The zero-order chi connectivity index (χ0) is 11.4. The zero-order valence-electron chi connectivity index (χ0n) is 10.3. The highest BCUT2D eigenvalue weighted by Crippen LogP contribution is 2.47. The molecule has 0 aliphatic heterocycles. The first-order valence-electron chi connectivity index (χ1n) is 6.48. The van der Waals surface area contributed by atoms with E-state index in [1.54, 1.807) is 0 Å². The highest BCUT2D eigenvalue weighted by Gasteiger charge is 2.39. The van der Waals surface area contributed by atoms with Gasteiger partial charge in [-0.25, -0.2) is 0 Å². The van der Waals surface area contributed by atoms with Crippen LogP contribution in [0.15, 0.2) is 30.3 Å². The summed E-state index contributed by atoms with van der Waals surface area (Å²) < 4.78 is 0. The fourth-order valence-electron chi connectivity index (χ4n) is 2.59. The van der Waals surface area contributed by atoms with Crippen LogP contribution >= 0.6 is 0 Å². The molecule has 88 valence electrons. The predicted octanol–water partition coefficient (Wildman–Crippen LogP) is 3.38. The molecule has 0 bridgehead atoms. The van der Waals surface area contributed by atoms with E-state index in [0.717, 1.165) is 12.5 Å². The van der Waals surface area contributed by atoms with Crippen LogP contribution in [-0.2, 0) is 6.42 Å². The molecule has 2 rings (SSSR count). The Balaban J connectivity index is 1.79. The topological polar surface area (TPSA) is 26.0 Å². The summed E-state index contributed by atoms with van der Waals surface area (Å²) in [7, 11) is 0. The standard InChI is InChI=1S/C15H23N/c1-15(12-16,14-9-10-14)11-5-8-13-6-3-2-4-7-13/h2-4,6-7,14H,5,8-12,16H2,1H3. The van der Waals surface area contributed by atoms with E-state index in [4.69, 9.17) is 5.73 Å². The van der Waals surface area contributed by atoms with E-state index in [2.05, 4.69) is 37.3 Å². The molecule has 1 saturated carbocycles. The summed E-state index contributed by atoms with van der Waals surface area (Å²) in [5.74, 6) is 0.910. The van der Waals surface area contributed by atoms with Crippen molar-refractivity contribution in [3.05, 3.63) is 35.9 Å². The molecule has 1 fully saturated rings. The molecule has 2 N–H and O–H groups in total. The fraction of sp³-hybridized carbons (Fsp3) is 0.600. The average Bonchev–Trinajstić information content (AvgIpc) is 3.14. The summed E-state index contributed by atoms with van der Waals surface area (Å²) in [6.07, 6.45) is 6.55. The molecule has 0 heterocycles. The first-order chi connectivity index (χ1) is 7.74. The van der Waals surface area contributed by atoms with Crippen molar-refractivity contribution in [3.63, 3.8) is 0 Å². The van der Waals surface area contributed by atoms with Crippen molar-refractivity contribution in [2.45, 2.75) is 39.0 Å². The second-order valence-corrected chi connectivity index (χ2v) is 5.47. The molecule has 1 aliphatic carbocycles. The van der Waals surface area contributed by atoms with Crippen molar-refractivity contribution in [1.29, 1.82) is 0 Å². The molecule has 0 amide bonds. The molecule has 1 aromatic rings. The Morgan fingerprint density at radius 1 is 1.25 bits per heavy atom. The maximum atomic E-state index is 5.93. The van der Waals surface area contributed by atoms with Crippen LogP contribution in [0.2, 0.25) is 0 Å². The summed E-state index contributed by atoms with van der Waals surface area (Å²) >= 11 is 0. The van der Waals surface area contributed by atoms with E-state index >= 15 is 0 Å². The molecule has 1 aromatic carbocycles. The van der Waals surface area contributed by atoms with Gasteiger partial charge in [0.05, 0.1) is 0 Å². The van der Waals surface area contributed by atoms with Crippen LogP contribution in [-0.4, -0.2) is 6.54 Å². The lowest BCUT2D eigenvalue weighted by atomic mass is 9.80. The van der Waals surface area contributed by atoms with E-state index in [1.165, 1.54) is 37.7 Å². The molecule has 1 aliphatic rings. The number of aryl methyl sites for hydroxylation is 1. The maximum absolute atomic E-state index is 5.93. The van der Waals surface area contributed by atoms with Crippen LogP contribution in [0.3, 0.4) is 0 Å². The number of hydrogen-bond donors (Lipinski definition) is 1. The number of rotatable bonds is 6. The summed E-state index contributed by atoms with van der Waals surface area (Å²) in [6.45, 7) is 3.22. The largest absolute Gasteiger partial charge is 0.330 e. The summed E-state index contributed by atoms with van der Waals surface area (Å²) in [4.78, 5) is 0. The summed E-state index contributed by atoms with van der Waals surface area (Å²) in [5.41, 5.74) is 7.80. The van der Waals surface area contributed by atoms with E-state index in [0.29, 0.717) is 5.41 Å². The predicted molar refractivity (Wildman–Crippen MR) is 69.3 cm³/mol. The number of benzene rings is 1. The van der Waals surface area contributed by atoms with E-state index in [-0.39, 0.29) is 0 Å². The first-order valence-corrected chi connectivity index (χ1v) is 6.48. The van der Waals surface area contributed by atoms with Crippen molar-refractivity contribution in [1.82, 2.24) is 0 Å². The van der Waals surface area contributed by atoms with Gasteiger partial charge in [0.1, 0.15) is 0 Å². The van der Waals surface area contributed by atoms with Gasteiger partial charge in [-0.05, 0) is 55.5 Å². The van der Waals surface area contributed by atoms with Gasteiger partial charge >= 0.3 is 0 Å². The van der Waals surface area contributed by atoms with Crippen LogP contribution in [0.5, 0.6) is 0 Å². The van der Waals surface area contributed by atoms with Gasteiger partial charge in [-0.2, -0.15) is 0 Å². The van der Waals surface area contributed by atoms with E-state index in [1.807, 2.05) is 0 Å². The molecule has 1 heteroatoms. The highest BCUT2D eigenvalue weighted by molar-refractivity contribution is 5.14. The van der Waals surface area contributed by atoms with Crippen molar-refractivity contribution >= 4 is 0 Å². The fourth-order valence-corrected chi connectivity index (χ4v) is 2.59. The van der Waals surface area contributed by atoms with Gasteiger partial charge < -0.3 is 5.73 Å². The summed E-state index contributed by atoms with van der Waals surface area (Å²) in [5, 5.41) is 0. The van der Waals surface area contributed by atoms with Gasteiger partial charge in [-0.1, -0.05) is 37.3 Å². The molecule has 0 aromatic heterocycles.